The van der Waals surface area contributed by atoms with E-state index in [0.717, 1.165) is 17.4 Å². The highest BCUT2D eigenvalue weighted by molar-refractivity contribution is 5.65. The summed E-state index contributed by atoms with van der Waals surface area (Å²) in [6, 6.07) is 10.9. The third kappa shape index (κ3) is 8.47. The van der Waals surface area contributed by atoms with Gasteiger partial charge in [0.2, 0.25) is 5.95 Å². The predicted octanol–water partition coefficient (Wildman–Crippen LogP) is 6.44. The Kier molecular flexibility index (Phi) is 10.2. The fourth-order valence-corrected chi connectivity index (χ4v) is 4.37. The summed E-state index contributed by atoms with van der Waals surface area (Å²) in [4.78, 5) is 14.7. The molecule has 0 spiro atoms. The van der Waals surface area contributed by atoms with Crippen LogP contribution in [0.2, 0.25) is 0 Å². The molecule has 4 N–H and O–H groups in total. The zero-order valence-corrected chi connectivity index (χ0v) is 21.1. The van der Waals surface area contributed by atoms with Crippen molar-refractivity contribution in [1.82, 2.24) is 19.9 Å². The van der Waals surface area contributed by atoms with Crippen molar-refractivity contribution in [3.63, 3.8) is 0 Å². The van der Waals surface area contributed by atoms with E-state index in [-0.39, 0.29) is 11.8 Å². The number of anilines is 5. The van der Waals surface area contributed by atoms with Gasteiger partial charge in [-0.1, -0.05) is 26.7 Å². The van der Waals surface area contributed by atoms with Gasteiger partial charge in [-0.3, -0.25) is 4.98 Å². The van der Waals surface area contributed by atoms with Crippen LogP contribution in [0.25, 0.3) is 0 Å². The average Bonchev–Trinajstić information content (AvgIpc) is 3.36. The van der Waals surface area contributed by atoms with E-state index in [1.807, 2.05) is 6.92 Å². The molecule has 3 aromatic rings. The van der Waals surface area contributed by atoms with E-state index in [1.54, 1.807) is 42.7 Å². The first kappa shape index (κ1) is 26.3. The Morgan fingerprint density at radius 1 is 0.943 bits per heavy atom. The Morgan fingerprint density at radius 2 is 1.63 bits per heavy atom. The molecule has 1 fully saturated rings. The maximum Gasteiger partial charge on any atom is 0.222 e. The second-order valence-electron chi connectivity index (χ2n) is 8.91. The molecule has 0 bridgehead atoms. The Balaban J connectivity index is 0.000000241. The number of aromatic nitrogens is 3. The van der Waals surface area contributed by atoms with Crippen molar-refractivity contribution >= 4 is 28.8 Å². The number of nitrogen functional groups attached to an aromatic ring is 1. The number of nitrogens with two attached hydrogens (primary N) is 1. The van der Waals surface area contributed by atoms with E-state index >= 15 is 0 Å². The van der Waals surface area contributed by atoms with Crippen molar-refractivity contribution in [2.24, 2.45) is 0 Å². The monoisotopic (exact) mass is 479 g/mol. The molecule has 35 heavy (non-hydrogen) atoms. The van der Waals surface area contributed by atoms with Crippen molar-refractivity contribution in [3.05, 3.63) is 60.3 Å². The standard InChI is InChI=1S/C16H15FN6.C11H23N/c1-10-8-15(23-16(18)20-10)22-12-2-3-14(13(17)9-12)21-11-4-6-19-7-5-11;1-3-7-11(8-4-2)12-9-5-6-10-12/h2-9H,1H3,(H,19,21)(H3,18,20,22,23);11H,3-10H2,1-2H3. The Morgan fingerprint density at radius 3 is 2.23 bits per heavy atom. The van der Waals surface area contributed by atoms with E-state index in [1.165, 1.54) is 57.7 Å². The Bertz CT molecular complexity index is 1010. The van der Waals surface area contributed by atoms with Crippen LogP contribution in [-0.2, 0) is 0 Å². The van der Waals surface area contributed by atoms with Crippen LogP contribution in [-0.4, -0.2) is 39.0 Å². The highest BCUT2D eigenvalue weighted by atomic mass is 19.1. The zero-order chi connectivity index (χ0) is 25.0. The van der Waals surface area contributed by atoms with Crippen LogP contribution in [0.5, 0.6) is 0 Å². The van der Waals surface area contributed by atoms with E-state index in [9.17, 15) is 4.39 Å². The number of hydrogen-bond donors (Lipinski definition) is 3. The van der Waals surface area contributed by atoms with E-state index in [0.29, 0.717) is 17.2 Å². The molecule has 0 atom stereocenters. The predicted molar refractivity (Wildman–Crippen MR) is 143 cm³/mol. The number of aryl methyl sites for hydroxylation is 1. The maximum absolute atomic E-state index is 14.2. The molecule has 1 aliphatic heterocycles. The number of pyridine rings is 1. The Hall–Kier alpha value is -3.26. The molecule has 0 aliphatic carbocycles. The molecule has 3 heterocycles. The van der Waals surface area contributed by atoms with Crippen LogP contribution >= 0.6 is 0 Å². The molecule has 1 saturated heterocycles. The minimum Gasteiger partial charge on any atom is -0.368 e. The molecule has 1 aromatic carbocycles. The van der Waals surface area contributed by atoms with Gasteiger partial charge in [-0.15, -0.1) is 0 Å². The third-order valence-corrected chi connectivity index (χ3v) is 5.97. The smallest absolute Gasteiger partial charge is 0.222 e. The fourth-order valence-electron chi connectivity index (χ4n) is 4.37. The van der Waals surface area contributed by atoms with Crippen LogP contribution in [0.4, 0.5) is 33.2 Å². The molecule has 8 heteroatoms. The second kappa shape index (κ2) is 13.6. The van der Waals surface area contributed by atoms with Gasteiger partial charge in [-0.2, -0.15) is 4.98 Å². The maximum atomic E-state index is 14.2. The summed E-state index contributed by atoms with van der Waals surface area (Å²) in [6.45, 7) is 9.15. The number of hydrogen-bond acceptors (Lipinski definition) is 7. The van der Waals surface area contributed by atoms with E-state index < -0.39 is 0 Å². The molecular formula is C27H38FN7. The van der Waals surface area contributed by atoms with Crippen LogP contribution in [0.15, 0.2) is 48.8 Å². The van der Waals surface area contributed by atoms with Crippen LogP contribution in [0.3, 0.4) is 0 Å². The van der Waals surface area contributed by atoms with Gasteiger partial charge in [-0.25, -0.2) is 9.37 Å². The van der Waals surface area contributed by atoms with Gasteiger partial charge in [0, 0.05) is 41.6 Å². The first-order valence-corrected chi connectivity index (χ1v) is 12.6. The molecule has 188 valence electrons. The summed E-state index contributed by atoms with van der Waals surface area (Å²) >= 11 is 0. The lowest BCUT2D eigenvalue weighted by Crippen LogP contribution is -2.32. The van der Waals surface area contributed by atoms with Crippen molar-refractivity contribution < 1.29 is 4.39 Å². The lowest BCUT2D eigenvalue weighted by molar-refractivity contribution is 0.216. The summed E-state index contributed by atoms with van der Waals surface area (Å²) < 4.78 is 14.2. The molecule has 7 nitrogen and oxygen atoms in total. The van der Waals surface area contributed by atoms with Crippen molar-refractivity contribution in [1.29, 1.82) is 0 Å². The molecular weight excluding hydrogens is 441 g/mol. The lowest BCUT2D eigenvalue weighted by atomic mass is 10.1. The lowest BCUT2D eigenvalue weighted by Gasteiger charge is -2.26. The third-order valence-electron chi connectivity index (χ3n) is 5.97. The number of nitrogens with one attached hydrogen (secondary N) is 2. The first-order chi connectivity index (χ1) is 17.0. The van der Waals surface area contributed by atoms with Crippen LogP contribution in [0, 0.1) is 12.7 Å². The minimum absolute atomic E-state index is 0.170. The molecule has 0 radical (unpaired) electrons. The SMILES string of the molecule is CCCC(CCC)N1CCCC1.Cc1cc(Nc2ccc(Nc3ccncc3)c(F)c2)nc(N)n1. The normalized spacial score (nSPS) is 13.4. The quantitative estimate of drug-likeness (QED) is 0.325. The van der Waals surface area contributed by atoms with Crippen molar-refractivity contribution in [2.75, 3.05) is 29.5 Å². The topological polar surface area (TPSA) is 92.0 Å². The van der Waals surface area contributed by atoms with Gasteiger partial charge >= 0.3 is 0 Å². The Labute approximate surface area is 208 Å². The van der Waals surface area contributed by atoms with Gasteiger partial charge in [0.1, 0.15) is 11.6 Å². The van der Waals surface area contributed by atoms with Crippen molar-refractivity contribution in [2.45, 2.75) is 65.3 Å². The van der Waals surface area contributed by atoms with Crippen LogP contribution < -0.4 is 16.4 Å². The number of halogens is 1. The summed E-state index contributed by atoms with van der Waals surface area (Å²) in [5.41, 5.74) is 8.04. The van der Waals surface area contributed by atoms with Gasteiger partial charge < -0.3 is 21.3 Å². The largest absolute Gasteiger partial charge is 0.368 e. The summed E-state index contributed by atoms with van der Waals surface area (Å²) in [6.07, 6.45) is 11.7. The molecule has 0 amide bonds. The minimum atomic E-state index is -0.384. The van der Waals surface area contributed by atoms with Gasteiger partial charge in [0.25, 0.3) is 0 Å². The summed E-state index contributed by atoms with van der Waals surface area (Å²) in [7, 11) is 0. The van der Waals surface area contributed by atoms with Gasteiger partial charge in [0.15, 0.2) is 0 Å². The van der Waals surface area contributed by atoms with E-state index in [4.69, 9.17) is 5.73 Å². The first-order valence-electron chi connectivity index (χ1n) is 12.6. The van der Waals surface area contributed by atoms with E-state index in [2.05, 4.69) is 44.3 Å². The summed E-state index contributed by atoms with van der Waals surface area (Å²) in [5.74, 6) is 0.304. The molecule has 0 saturated carbocycles. The molecule has 2 aromatic heterocycles. The number of rotatable bonds is 9. The number of benzene rings is 1. The van der Waals surface area contributed by atoms with Gasteiger partial charge in [0.05, 0.1) is 5.69 Å². The fraction of sp³-hybridized carbons (Fsp3) is 0.444. The average molecular weight is 480 g/mol. The number of nitrogens with zero attached hydrogens (tertiary/aromatic N) is 4. The highest BCUT2D eigenvalue weighted by Crippen LogP contribution is 2.24. The second-order valence-corrected chi connectivity index (χ2v) is 8.91. The van der Waals surface area contributed by atoms with Gasteiger partial charge in [-0.05, 0) is 76.0 Å². The highest BCUT2D eigenvalue weighted by Gasteiger charge is 2.19. The summed E-state index contributed by atoms with van der Waals surface area (Å²) in [5, 5.41) is 6.00. The molecule has 1 aliphatic rings. The van der Waals surface area contributed by atoms with Crippen molar-refractivity contribution in [3.8, 4) is 0 Å². The molecule has 0 unspecified atom stereocenters. The zero-order valence-electron chi connectivity index (χ0n) is 21.1. The number of likely N-dealkylation sites (tertiary alicyclic amines) is 1. The van der Waals surface area contributed by atoms with Crippen LogP contribution in [0.1, 0.15) is 58.1 Å². The molecule has 4 rings (SSSR count).